The van der Waals surface area contributed by atoms with Gasteiger partial charge in [0.25, 0.3) is 0 Å². The van der Waals surface area contributed by atoms with Gasteiger partial charge in [0.15, 0.2) is 0 Å². The Bertz CT molecular complexity index is 532. The molecule has 0 aromatic carbocycles. The number of carboxylic acid groups (broad SMARTS) is 1. The summed E-state index contributed by atoms with van der Waals surface area (Å²) in [4.78, 5) is 37.1. The molecule has 10 heteroatoms. The zero-order valence-electron chi connectivity index (χ0n) is 11.9. The van der Waals surface area contributed by atoms with Gasteiger partial charge in [-0.2, -0.15) is 0 Å². The molecule has 1 aliphatic rings. The molecule has 1 rings (SSSR count). The van der Waals surface area contributed by atoms with Crippen LogP contribution in [0.1, 0.15) is 6.42 Å². The van der Waals surface area contributed by atoms with Gasteiger partial charge in [-0.3, -0.25) is 4.79 Å². The van der Waals surface area contributed by atoms with E-state index in [1.807, 2.05) is 0 Å². The Morgan fingerprint density at radius 2 is 2.00 bits per heavy atom. The van der Waals surface area contributed by atoms with Crippen molar-refractivity contribution in [3.63, 3.8) is 0 Å². The lowest BCUT2D eigenvalue weighted by molar-refractivity contribution is -0.139. The molecule has 1 heterocycles. The first-order chi connectivity index (χ1) is 9.60. The fourth-order valence-electron chi connectivity index (χ4n) is 1.76. The van der Waals surface area contributed by atoms with E-state index in [1.54, 1.807) is 7.05 Å². The second kappa shape index (κ2) is 6.74. The first-order valence-corrected chi connectivity index (χ1v) is 8.36. The van der Waals surface area contributed by atoms with Gasteiger partial charge >= 0.3 is 12.0 Å². The lowest BCUT2D eigenvalue weighted by Gasteiger charge is -2.32. The van der Waals surface area contributed by atoms with Gasteiger partial charge in [0, 0.05) is 26.4 Å². The van der Waals surface area contributed by atoms with E-state index in [1.165, 1.54) is 9.80 Å². The molecule has 0 aliphatic carbocycles. The first-order valence-electron chi connectivity index (χ1n) is 6.30. The maximum absolute atomic E-state index is 11.9. The zero-order chi connectivity index (χ0) is 16.2. The second-order valence-electron chi connectivity index (χ2n) is 5.00. The first kappa shape index (κ1) is 17.2. The Hall–Kier alpha value is -1.84. The largest absolute Gasteiger partial charge is 0.480 e. The summed E-state index contributed by atoms with van der Waals surface area (Å²) in [6.07, 6.45) is 0.772. The smallest absolute Gasteiger partial charge is 0.326 e. The maximum Gasteiger partial charge on any atom is 0.326 e. The van der Waals surface area contributed by atoms with Gasteiger partial charge in [-0.25, -0.2) is 18.0 Å². The fourth-order valence-corrected chi connectivity index (χ4v) is 2.43. The summed E-state index contributed by atoms with van der Waals surface area (Å²) < 4.78 is 22.1. The van der Waals surface area contributed by atoms with Crippen LogP contribution in [0.25, 0.3) is 0 Å². The zero-order valence-corrected chi connectivity index (χ0v) is 12.7. The van der Waals surface area contributed by atoms with E-state index in [9.17, 15) is 22.8 Å². The monoisotopic (exact) mass is 321 g/mol. The maximum atomic E-state index is 11.9. The van der Waals surface area contributed by atoms with Crippen molar-refractivity contribution in [3.05, 3.63) is 0 Å². The molecule has 1 saturated heterocycles. The van der Waals surface area contributed by atoms with Gasteiger partial charge in [0.2, 0.25) is 5.91 Å². The molecule has 2 N–H and O–H groups in total. The number of hydrogen-bond acceptors (Lipinski definition) is 5. The highest BCUT2D eigenvalue weighted by molar-refractivity contribution is 7.90. The number of nitrogens with zero attached hydrogens (tertiary/aromatic N) is 2. The quantitative estimate of drug-likeness (QED) is 0.626. The van der Waals surface area contributed by atoms with Crippen molar-refractivity contribution < 1.29 is 27.9 Å². The number of aliphatic carboxylic acids is 1. The number of carbonyl (C=O) groups is 3. The molecule has 9 nitrogen and oxygen atoms in total. The third kappa shape index (κ3) is 5.58. The fraction of sp³-hybridized carbons (Fsp3) is 0.727. The molecule has 1 atom stereocenters. The third-order valence-electron chi connectivity index (χ3n) is 3.12. The Labute approximate surface area is 122 Å². The van der Waals surface area contributed by atoms with E-state index >= 15 is 0 Å². The summed E-state index contributed by atoms with van der Waals surface area (Å²) in [6, 6.07) is -1.99. The van der Waals surface area contributed by atoms with E-state index in [4.69, 9.17) is 5.11 Å². The van der Waals surface area contributed by atoms with Crippen molar-refractivity contribution in [3.8, 4) is 0 Å². The number of sulfone groups is 1. The Morgan fingerprint density at radius 3 is 2.48 bits per heavy atom. The molecule has 0 bridgehead atoms. The molecule has 0 spiro atoms. The van der Waals surface area contributed by atoms with Crippen LogP contribution < -0.4 is 5.32 Å². The highest BCUT2D eigenvalue weighted by Crippen LogP contribution is 2.03. The lowest BCUT2D eigenvalue weighted by Crippen LogP contribution is -2.56. The van der Waals surface area contributed by atoms with Crippen LogP contribution in [0.3, 0.4) is 0 Å². The highest BCUT2D eigenvalue weighted by atomic mass is 32.2. The van der Waals surface area contributed by atoms with Crippen molar-refractivity contribution in [2.24, 2.45) is 0 Å². The second-order valence-corrected chi connectivity index (χ2v) is 7.26. The molecule has 0 aromatic rings. The van der Waals surface area contributed by atoms with Crippen molar-refractivity contribution in [2.75, 3.05) is 38.7 Å². The number of hydrogen-bond donors (Lipinski definition) is 2. The van der Waals surface area contributed by atoms with Crippen molar-refractivity contribution in [1.82, 2.24) is 15.1 Å². The van der Waals surface area contributed by atoms with E-state index in [2.05, 4.69) is 5.32 Å². The standard InChI is InChI=1S/C11H19N3O6S/c1-13-4-5-14(7-9(13)15)11(18)12-8(10(16)17)3-6-21(2,19)20/h8H,3-7H2,1-2H3,(H,12,18)(H,16,17). The summed E-state index contributed by atoms with van der Waals surface area (Å²) in [5.41, 5.74) is 0. The Balaban J connectivity index is 2.60. The average molecular weight is 321 g/mol. The van der Waals surface area contributed by atoms with Gasteiger partial charge < -0.3 is 20.2 Å². The van der Waals surface area contributed by atoms with Crippen LogP contribution in [0.4, 0.5) is 4.79 Å². The molecule has 3 amide bonds. The third-order valence-corrected chi connectivity index (χ3v) is 4.09. The number of urea groups is 1. The summed E-state index contributed by atoms with van der Waals surface area (Å²) >= 11 is 0. The number of piperazine rings is 1. The molecule has 21 heavy (non-hydrogen) atoms. The Morgan fingerprint density at radius 1 is 1.38 bits per heavy atom. The molecule has 1 fully saturated rings. The number of carbonyl (C=O) groups excluding carboxylic acids is 2. The minimum atomic E-state index is -3.32. The molecule has 1 unspecified atom stereocenters. The van der Waals surface area contributed by atoms with Crippen molar-refractivity contribution >= 4 is 27.7 Å². The summed E-state index contributed by atoms with van der Waals surface area (Å²) in [5.74, 6) is -1.89. The molecular formula is C11H19N3O6S. The Kier molecular flexibility index (Phi) is 5.53. The van der Waals surface area contributed by atoms with Crippen LogP contribution in [-0.2, 0) is 19.4 Å². The van der Waals surface area contributed by atoms with Crippen LogP contribution in [0.2, 0.25) is 0 Å². The van der Waals surface area contributed by atoms with E-state index < -0.39 is 27.9 Å². The van der Waals surface area contributed by atoms with Gasteiger partial charge in [0.05, 0.1) is 5.75 Å². The molecular weight excluding hydrogens is 302 g/mol. The van der Waals surface area contributed by atoms with Crippen LogP contribution in [0, 0.1) is 0 Å². The van der Waals surface area contributed by atoms with Gasteiger partial charge in [-0.15, -0.1) is 0 Å². The normalized spacial score (nSPS) is 17.5. The van der Waals surface area contributed by atoms with Crippen LogP contribution in [-0.4, -0.2) is 86.0 Å². The number of rotatable bonds is 5. The van der Waals surface area contributed by atoms with Crippen LogP contribution >= 0.6 is 0 Å². The number of nitrogens with one attached hydrogen (secondary N) is 1. The SMILES string of the molecule is CN1CCN(C(=O)NC(CCS(C)(=O)=O)C(=O)O)CC1=O. The van der Waals surface area contributed by atoms with Crippen molar-refractivity contribution in [1.29, 1.82) is 0 Å². The van der Waals surface area contributed by atoms with E-state index in [-0.39, 0.29) is 24.6 Å². The lowest BCUT2D eigenvalue weighted by atomic mass is 10.2. The predicted molar refractivity (Wildman–Crippen MR) is 73.5 cm³/mol. The van der Waals surface area contributed by atoms with Gasteiger partial charge in [0.1, 0.15) is 22.4 Å². The van der Waals surface area contributed by atoms with Crippen LogP contribution in [0.5, 0.6) is 0 Å². The van der Waals surface area contributed by atoms with E-state index in [0.29, 0.717) is 13.1 Å². The predicted octanol–water partition coefficient (Wildman–Crippen LogP) is -1.64. The summed E-state index contributed by atoms with van der Waals surface area (Å²) in [6.45, 7) is 0.542. The van der Waals surface area contributed by atoms with E-state index in [0.717, 1.165) is 6.26 Å². The summed E-state index contributed by atoms with van der Waals surface area (Å²) in [5, 5.41) is 11.3. The molecule has 0 saturated carbocycles. The van der Waals surface area contributed by atoms with Gasteiger partial charge in [-0.05, 0) is 6.42 Å². The number of carboxylic acids is 1. The van der Waals surface area contributed by atoms with Crippen molar-refractivity contribution in [2.45, 2.75) is 12.5 Å². The molecule has 0 radical (unpaired) electrons. The highest BCUT2D eigenvalue weighted by Gasteiger charge is 2.28. The molecule has 1 aliphatic heterocycles. The summed E-state index contributed by atoms with van der Waals surface area (Å²) in [7, 11) is -1.70. The molecule has 0 aromatic heterocycles. The number of likely N-dealkylation sites (N-methyl/N-ethyl adjacent to an activating group) is 1. The molecule has 120 valence electrons. The average Bonchev–Trinajstić information content (AvgIpc) is 2.36. The minimum absolute atomic E-state index is 0.124. The number of amides is 3. The van der Waals surface area contributed by atoms with Gasteiger partial charge in [-0.1, -0.05) is 0 Å². The van der Waals surface area contributed by atoms with Crippen LogP contribution in [0.15, 0.2) is 0 Å². The topological polar surface area (TPSA) is 124 Å². The minimum Gasteiger partial charge on any atom is -0.480 e.